The molecule has 5 nitrogen and oxygen atoms in total. The second-order valence-corrected chi connectivity index (χ2v) is 7.24. The summed E-state index contributed by atoms with van der Waals surface area (Å²) in [6, 6.07) is 6.65. The van der Waals surface area contributed by atoms with Crippen LogP contribution in [0.25, 0.3) is 0 Å². The van der Waals surface area contributed by atoms with Crippen LogP contribution in [0.4, 0.5) is 0 Å². The van der Waals surface area contributed by atoms with Crippen LogP contribution in [-0.4, -0.2) is 21.8 Å². The maximum atomic E-state index is 12.1. The molecule has 0 saturated carbocycles. The number of fused-ring (bicyclic) bond motifs is 1. The molecule has 1 atom stereocenters. The minimum absolute atomic E-state index is 0.0241. The number of rotatable bonds is 6. The first-order valence-corrected chi connectivity index (χ1v) is 9.55. The molecule has 1 N–H and O–H groups in total. The SMILES string of the molecule is Cc1noc(CSCC(=O)N[C@@H](C)c2ccc3c(c2)CCCC3)n1. The van der Waals surface area contributed by atoms with Crippen molar-refractivity contribution in [3.05, 3.63) is 46.6 Å². The summed E-state index contributed by atoms with van der Waals surface area (Å²) in [6.45, 7) is 3.82. The Labute approximate surface area is 146 Å². The van der Waals surface area contributed by atoms with E-state index in [-0.39, 0.29) is 11.9 Å². The summed E-state index contributed by atoms with van der Waals surface area (Å²) in [5.74, 6) is 2.16. The molecule has 1 aliphatic carbocycles. The van der Waals surface area contributed by atoms with Crippen LogP contribution in [0.15, 0.2) is 22.7 Å². The second-order valence-electron chi connectivity index (χ2n) is 6.25. The molecule has 0 radical (unpaired) electrons. The highest BCUT2D eigenvalue weighted by Crippen LogP contribution is 2.24. The Bertz CT molecular complexity index is 714. The zero-order valence-corrected chi connectivity index (χ0v) is 15.0. The number of nitrogens with one attached hydrogen (secondary N) is 1. The normalized spacial score (nSPS) is 14.9. The number of nitrogens with zero attached hydrogens (tertiary/aromatic N) is 2. The molecule has 24 heavy (non-hydrogen) atoms. The number of aryl methyl sites for hydroxylation is 3. The quantitative estimate of drug-likeness (QED) is 0.869. The maximum Gasteiger partial charge on any atom is 0.236 e. The molecule has 0 bridgehead atoms. The highest BCUT2D eigenvalue weighted by Gasteiger charge is 2.14. The molecule has 1 amide bonds. The van der Waals surface area contributed by atoms with Crippen molar-refractivity contribution in [2.45, 2.75) is 51.3 Å². The minimum Gasteiger partial charge on any atom is -0.349 e. The Morgan fingerprint density at radius 3 is 2.88 bits per heavy atom. The molecular weight excluding hydrogens is 322 g/mol. The van der Waals surface area contributed by atoms with Crippen LogP contribution in [0.2, 0.25) is 0 Å². The molecule has 128 valence electrons. The molecule has 0 saturated heterocycles. The van der Waals surface area contributed by atoms with E-state index < -0.39 is 0 Å². The van der Waals surface area contributed by atoms with Gasteiger partial charge in [-0.15, -0.1) is 11.8 Å². The van der Waals surface area contributed by atoms with E-state index in [2.05, 4.69) is 33.7 Å². The number of carbonyl (C=O) groups excluding carboxylic acids is 1. The molecule has 1 aromatic heterocycles. The van der Waals surface area contributed by atoms with Gasteiger partial charge in [-0.05, 0) is 56.2 Å². The Morgan fingerprint density at radius 1 is 1.33 bits per heavy atom. The molecule has 0 unspecified atom stereocenters. The van der Waals surface area contributed by atoms with Crippen LogP contribution in [0.5, 0.6) is 0 Å². The number of thioether (sulfide) groups is 1. The minimum atomic E-state index is 0.0241. The predicted molar refractivity (Wildman–Crippen MR) is 94.8 cm³/mol. The summed E-state index contributed by atoms with van der Waals surface area (Å²) in [6.07, 6.45) is 4.89. The predicted octanol–water partition coefficient (Wildman–Crippen LogP) is 3.37. The summed E-state index contributed by atoms with van der Waals surface area (Å²) in [5, 5.41) is 6.81. The van der Waals surface area contributed by atoms with Gasteiger partial charge in [-0.3, -0.25) is 4.79 Å². The Kier molecular flexibility index (Phi) is 5.56. The van der Waals surface area contributed by atoms with E-state index >= 15 is 0 Å². The zero-order valence-electron chi connectivity index (χ0n) is 14.2. The number of hydrogen-bond acceptors (Lipinski definition) is 5. The van der Waals surface area contributed by atoms with Gasteiger partial charge < -0.3 is 9.84 Å². The van der Waals surface area contributed by atoms with E-state index in [1.165, 1.54) is 47.7 Å². The van der Waals surface area contributed by atoms with E-state index in [1.807, 2.05) is 6.92 Å². The number of benzene rings is 1. The lowest BCUT2D eigenvalue weighted by molar-refractivity contribution is -0.119. The summed E-state index contributed by atoms with van der Waals surface area (Å²) >= 11 is 1.48. The highest BCUT2D eigenvalue weighted by molar-refractivity contribution is 7.99. The number of carbonyl (C=O) groups is 1. The van der Waals surface area contributed by atoms with Gasteiger partial charge in [-0.1, -0.05) is 23.4 Å². The van der Waals surface area contributed by atoms with E-state index in [1.54, 1.807) is 6.92 Å². The molecule has 0 fully saturated rings. The van der Waals surface area contributed by atoms with E-state index in [4.69, 9.17) is 4.52 Å². The summed E-state index contributed by atoms with van der Waals surface area (Å²) in [4.78, 5) is 16.2. The monoisotopic (exact) mass is 345 g/mol. The zero-order chi connectivity index (χ0) is 16.9. The largest absolute Gasteiger partial charge is 0.349 e. The summed E-state index contributed by atoms with van der Waals surface area (Å²) < 4.78 is 5.04. The van der Waals surface area contributed by atoms with Crippen molar-refractivity contribution in [3.8, 4) is 0 Å². The van der Waals surface area contributed by atoms with Gasteiger partial charge in [-0.25, -0.2) is 0 Å². The third-order valence-corrected chi connectivity index (χ3v) is 5.20. The topological polar surface area (TPSA) is 68.0 Å². The van der Waals surface area contributed by atoms with Gasteiger partial charge in [0, 0.05) is 0 Å². The van der Waals surface area contributed by atoms with Gasteiger partial charge in [0.1, 0.15) is 0 Å². The first kappa shape index (κ1) is 17.0. The molecule has 3 rings (SSSR count). The maximum absolute atomic E-state index is 12.1. The summed E-state index contributed by atoms with van der Waals surface area (Å²) in [7, 11) is 0. The number of amides is 1. The van der Waals surface area contributed by atoms with Crippen molar-refractivity contribution in [2.24, 2.45) is 0 Å². The first-order chi connectivity index (χ1) is 11.6. The molecule has 1 aromatic carbocycles. The van der Waals surface area contributed by atoms with Gasteiger partial charge in [0.05, 0.1) is 17.5 Å². The van der Waals surface area contributed by atoms with Gasteiger partial charge in [0.15, 0.2) is 5.82 Å². The van der Waals surface area contributed by atoms with Crippen LogP contribution >= 0.6 is 11.8 Å². The van der Waals surface area contributed by atoms with E-state index in [0.717, 1.165) is 6.42 Å². The fourth-order valence-corrected chi connectivity index (χ4v) is 3.68. The van der Waals surface area contributed by atoms with Crippen molar-refractivity contribution < 1.29 is 9.32 Å². The van der Waals surface area contributed by atoms with Crippen LogP contribution < -0.4 is 5.32 Å². The Hall–Kier alpha value is -1.82. The lowest BCUT2D eigenvalue weighted by Gasteiger charge is -2.20. The lowest BCUT2D eigenvalue weighted by Crippen LogP contribution is -2.28. The third kappa shape index (κ3) is 4.38. The first-order valence-electron chi connectivity index (χ1n) is 8.40. The van der Waals surface area contributed by atoms with Gasteiger partial charge in [-0.2, -0.15) is 4.98 Å². The molecule has 0 spiro atoms. The lowest BCUT2D eigenvalue weighted by atomic mass is 9.89. The Balaban J connectivity index is 1.48. The van der Waals surface area contributed by atoms with Gasteiger partial charge >= 0.3 is 0 Å². The Morgan fingerprint density at radius 2 is 2.12 bits per heavy atom. The van der Waals surface area contributed by atoms with Crippen molar-refractivity contribution in [1.82, 2.24) is 15.5 Å². The fraction of sp³-hybridized carbons (Fsp3) is 0.500. The average molecular weight is 345 g/mol. The highest BCUT2D eigenvalue weighted by atomic mass is 32.2. The molecule has 1 heterocycles. The smallest absolute Gasteiger partial charge is 0.236 e. The molecule has 1 aliphatic rings. The third-order valence-electron chi connectivity index (χ3n) is 4.28. The molecule has 0 aliphatic heterocycles. The van der Waals surface area contributed by atoms with Gasteiger partial charge in [0.25, 0.3) is 0 Å². The summed E-state index contributed by atoms with van der Waals surface area (Å²) in [5.41, 5.74) is 4.09. The number of aromatic nitrogens is 2. The fourth-order valence-electron chi connectivity index (χ4n) is 3.02. The van der Waals surface area contributed by atoms with Crippen molar-refractivity contribution in [3.63, 3.8) is 0 Å². The van der Waals surface area contributed by atoms with Crippen molar-refractivity contribution >= 4 is 17.7 Å². The van der Waals surface area contributed by atoms with Crippen LogP contribution in [0.3, 0.4) is 0 Å². The van der Waals surface area contributed by atoms with E-state index in [0.29, 0.717) is 23.2 Å². The van der Waals surface area contributed by atoms with Crippen molar-refractivity contribution in [2.75, 3.05) is 5.75 Å². The van der Waals surface area contributed by atoms with Gasteiger partial charge in [0.2, 0.25) is 11.8 Å². The van der Waals surface area contributed by atoms with E-state index in [9.17, 15) is 4.79 Å². The molecular formula is C18H23N3O2S. The average Bonchev–Trinajstić information content (AvgIpc) is 2.99. The van der Waals surface area contributed by atoms with Crippen LogP contribution in [0, 0.1) is 6.92 Å². The molecule has 6 heteroatoms. The van der Waals surface area contributed by atoms with Crippen LogP contribution in [0.1, 0.15) is 54.2 Å². The second kappa shape index (κ2) is 7.83. The standard InChI is InChI=1S/C18H23N3O2S/c1-12(15-8-7-14-5-3-4-6-16(14)9-15)19-17(22)10-24-11-18-20-13(2)21-23-18/h7-9,12H,3-6,10-11H2,1-2H3,(H,19,22)/t12-/m0/s1. The number of hydrogen-bond donors (Lipinski definition) is 1. The van der Waals surface area contributed by atoms with Crippen LogP contribution in [-0.2, 0) is 23.4 Å². The molecule has 2 aromatic rings. The van der Waals surface area contributed by atoms with Crippen molar-refractivity contribution in [1.29, 1.82) is 0 Å².